The van der Waals surface area contributed by atoms with E-state index in [0.29, 0.717) is 23.8 Å². The molecule has 180 valence electrons. The van der Waals surface area contributed by atoms with Crippen molar-refractivity contribution in [3.05, 3.63) is 112 Å². The lowest BCUT2D eigenvalue weighted by atomic mass is 9.84. The summed E-state index contributed by atoms with van der Waals surface area (Å²) in [5.41, 5.74) is 9.71. The third kappa shape index (κ3) is 5.33. The lowest BCUT2D eigenvalue weighted by Crippen LogP contribution is -2.33. The average molecular weight is 463 g/mol. The Labute approximate surface area is 210 Å². The van der Waals surface area contributed by atoms with Gasteiger partial charge in [0.2, 0.25) is 0 Å². The Morgan fingerprint density at radius 1 is 0.800 bits per heavy atom. The fourth-order valence-electron chi connectivity index (χ4n) is 5.68. The number of para-hydroxylation sites is 1. The van der Waals surface area contributed by atoms with E-state index in [1.807, 2.05) is 0 Å². The highest BCUT2D eigenvalue weighted by Gasteiger charge is 2.23. The zero-order chi connectivity index (χ0) is 24.4. The summed E-state index contributed by atoms with van der Waals surface area (Å²) in [5.74, 6) is 1.52. The Balaban J connectivity index is 1.30. The van der Waals surface area contributed by atoms with Gasteiger partial charge in [0, 0.05) is 17.6 Å². The van der Waals surface area contributed by atoms with Gasteiger partial charge < -0.3 is 5.32 Å². The standard InChI is InChI=1S/C33H38N2/c1-22(2)33-31-19-26(12-13-27(31)14-15-34-33)16-23(3)28-10-7-8-25(18-28)17-24(4)30-20-29-9-5-6-11-32(29)35-21-30/h5-13,18-24,33-34H,14-17H2,1-4H3. The molecule has 35 heavy (non-hydrogen) atoms. The number of pyridine rings is 1. The molecule has 0 fully saturated rings. The molecule has 0 bridgehead atoms. The fraction of sp³-hybridized carbons (Fsp3) is 0.364. The molecule has 0 radical (unpaired) electrons. The maximum absolute atomic E-state index is 4.68. The number of nitrogens with one attached hydrogen (secondary N) is 1. The molecule has 1 aliphatic heterocycles. The minimum absolute atomic E-state index is 0.429. The van der Waals surface area contributed by atoms with E-state index in [-0.39, 0.29) is 0 Å². The molecule has 2 nitrogen and oxygen atoms in total. The van der Waals surface area contributed by atoms with Crippen molar-refractivity contribution in [1.29, 1.82) is 0 Å². The van der Waals surface area contributed by atoms with Crippen LogP contribution in [-0.4, -0.2) is 11.5 Å². The van der Waals surface area contributed by atoms with E-state index < -0.39 is 0 Å². The van der Waals surface area contributed by atoms with E-state index in [1.165, 1.54) is 38.8 Å². The van der Waals surface area contributed by atoms with Crippen LogP contribution in [0.3, 0.4) is 0 Å². The van der Waals surface area contributed by atoms with Crippen LogP contribution in [0.15, 0.2) is 79.0 Å². The normalized spacial score (nSPS) is 17.3. The van der Waals surface area contributed by atoms with Gasteiger partial charge in [-0.2, -0.15) is 0 Å². The van der Waals surface area contributed by atoms with Crippen molar-refractivity contribution in [2.24, 2.45) is 5.92 Å². The number of aromatic nitrogens is 1. The number of hydrogen-bond donors (Lipinski definition) is 1. The van der Waals surface area contributed by atoms with E-state index in [1.54, 1.807) is 0 Å². The van der Waals surface area contributed by atoms with Crippen molar-refractivity contribution in [1.82, 2.24) is 10.3 Å². The highest BCUT2D eigenvalue weighted by Crippen LogP contribution is 2.31. The lowest BCUT2D eigenvalue weighted by Gasteiger charge is -2.30. The van der Waals surface area contributed by atoms with Gasteiger partial charge in [0.15, 0.2) is 0 Å². The topological polar surface area (TPSA) is 24.9 Å². The SMILES string of the molecule is CC(Cc1ccc2c(c1)C(C(C)C)NCC2)c1cccc(CC(C)c2cnc3ccccc3c2)c1. The number of rotatable bonds is 7. The molecule has 3 atom stereocenters. The summed E-state index contributed by atoms with van der Waals surface area (Å²) >= 11 is 0. The predicted molar refractivity (Wildman–Crippen MR) is 148 cm³/mol. The molecular formula is C33H38N2. The zero-order valence-corrected chi connectivity index (χ0v) is 21.6. The molecule has 1 N–H and O–H groups in total. The Kier molecular flexibility index (Phi) is 7.02. The fourth-order valence-corrected chi connectivity index (χ4v) is 5.68. The van der Waals surface area contributed by atoms with Gasteiger partial charge in [-0.3, -0.25) is 4.98 Å². The van der Waals surface area contributed by atoms with Crippen LogP contribution < -0.4 is 5.32 Å². The highest BCUT2D eigenvalue weighted by atomic mass is 14.9. The molecular weight excluding hydrogens is 424 g/mol. The van der Waals surface area contributed by atoms with E-state index in [9.17, 15) is 0 Å². The van der Waals surface area contributed by atoms with Crippen molar-refractivity contribution in [2.75, 3.05) is 6.54 Å². The summed E-state index contributed by atoms with van der Waals surface area (Å²) in [6.45, 7) is 10.4. The van der Waals surface area contributed by atoms with Gasteiger partial charge in [-0.15, -0.1) is 0 Å². The molecule has 0 amide bonds. The Morgan fingerprint density at radius 2 is 1.57 bits per heavy atom. The molecule has 0 spiro atoms. The minimum atomic E-state index is 0.429. The molecule has 0 saturated heterocycles. The first-order valence-corrected chi connectivity index (χ1v) is 13.3. The molecule has 3 aromatic carbocycles. The van der Waals surface area contributed by atoms with E-state index in [4.69, 9.17) is 0 Å². The summed E-state index contributed by atoms with van der Waals surface area (Å²) in [4.78, 5) is 4.68. The second-order valence-electron chi connectivity index (χ2n) is 10.9. The third-order valence-electron chi connectivity index (χ3n) is 7.76. The van der Waals surface area contributed by atoms with Crippen molar-refractivity contribution in [2.45, 2.75) is 64.8 Å². The second-order valence-corrected chi connectivity index (χ2v) is 10.9. The Bertz CT molecular complexity index is 1310. The van der Waals surface area contributed by atoms with Crippen molar-refractivity contribution >= 4 is 10.9 Å². The van der Waals surface area contributed by atoms with E-state index >= 15 is 0 Å². The van der Waals surface area contributed by atoms with Crippen LogP contribution in [-0.2, 0) is 19.3 Å². The van der Waals surface area contributed by atoms with Gasteiger partial charge in [0.25, 0.3) is 0 Å². The molecule has 5 rings (SSSR count). The van der Waals surface area contributed by atoms with Crippen LogP contribution in [0.5, 0.6) is 0 Å². The van der Waals surface area contributed by atoms with E-state index in [0.717, 1.165) is 31.3 Å². The predicted octanol–water partition coefficient (Wildman–Crippen LogP) is 7.77. The van der Waals surface area contributed by atoms with Crippen LogP contribution in [0.2, 0.25) is 0 Å². The summed E-state index contributed by atoms with van der Waals surface area (Å²) in [7, 11) is 0. The zero-order valence-electron chi connectivity index (χ0n) is 21.6. The monoisotopic (exact) mass is 462 g/mol. The largest absolute Gasteiger partial charge is 0.309 e. The van der Waals surface area contributed by atoms with Crippen LogP contribution in [0.4, 0.5) is 0 Å². The molecule has 0 saturated carbocycles. The Hall–Kier alpha value is -2.97. The van der Waals surface area contributed by atoms with Gasteiger partial charge in [-0.25, -0.2) is 0 Å². The smallest absolute Gasteiger partial charge is 0.0702 e. The van der Waals surface area contributed by atoms with Gasteiger partial charge >= 0.3 is 0 Å². The van der Waals surface area contributed by atoms with Crippen LogP contribution >= 0.6 is 0 Å². The molecule has 1 aliphatic rings. The summed E-state index contributed by atoms with van der Waals surface area (Å²) in [5, 5.41) is 4.95. The molecule has 2 heteroatoms. The number of benzene rings is 3. The molecule has 4 aromatic rings. The molecule has 3 unspecified atom stereocenters. The first-order chi connectivity index (χ1) is 17.0. The summed E-state index contributed by atoms with van der Waals surface area (Å²) < 4.78 is 0. The molecule has 0 aliphatic carbocycles. The first-order valence-electron chi connectivity index (χ1n) is 13.3. The molecule has 2 heterocycles. The Morgan fingerprint density at radius 3 is 2.40 bits per heavy atom. The van der Waals surface area contributed by atoms with Crippen molar-refractivity contribution in [3.63, 3.8) is 0 Å². The van der Waals surface area contributed by atoms with Gasteiger partial charge in [-0.1, -0.05) is 88.4 Å². The molecule has 1 aromatic heterocycles. The quantitative estimate of drug-likeness (QED) is 0.303. The van der Waals surface area contributed by atoms with Crippen molar-refractivity contribution in [3.8, 4) is 0 Å². The van der Waals surface area contributed by atoms with Gasteiger partial charge in [-0.05, 0) is 89.1 Å². The van der Waals surface area contributed by atoms with Crippen molar-refractivity contribution < 1.29 is 0 Å². The van der Waals surface area contributed by atoms with Gasteiger partial charge in [0.05, 0.1) is 5.52 Å². The van der Waals surface area contributed by atoms with Crippen LogP contribution in [0.25, 0.3) is 10.9 Å². The maximum atomic E-state index is 4.68. The number of hydrogen-bond acceptors (Lipinski definition) is 2. The number of fused-ring (bicyclic) bond motifs is 2. The van der Waals surface area contributed by atoms with Gasteiger partial charge in [0.1, 0.15) is 0 Å². The summed E-state index contributed by atoms with van der Waals surface area (Å²) in [6.07, 6.45) is 5.29. The van der Waals surface area contributed by atoms with E-state index in [2.05, 4.69) is 117 Å². The third-order valence-corrected chi connectivity index (χ3v) is 7.76. The van der Waals surface area contributed by atoms with Crippen LogP contribution in [0.1, 0.15) is 79.0 Å². The van der Waals surface area contributed by atoms with Crippen LogP contribution in [0, 0.1) is 5.92 Å². The first kappa shape index (κ1) is 23.8. The average Bonchev–Trinajstić information content (AvgIpc) is 2.88. The lowest BCUT2D eigenvalue weighted by molar-refractivity contribution is 0.395. The maximum Gasteiger partial charge on any atom is 0.0702 e. The highest BCUT2D eigenvalue weighted by molar-refractivity contribution is 5.78. The minimum Gasteiger partial charge on any atom is -0.309 e. The summed E-state index contributed by atoms with van der Waals surface area (Å²) in [6, 6.07) is 27.6. The number of nitrogens with zero attached hydrogens (tertiary/aromatic N) is 1. The second kappa shape index (κ2) is 10.3.